The zero-order valence-electron chi connectivity index (χ0n) is 27.9. The minimum atomic E-state index is -0.595. The van der Waals surface area contributed by atoms with Crippen LogP contribution in [0.15, 0.2) is 42.0 Å². The second kappa shape index (κ2) is 10.1. The number of carboxylic acid groups (broad SMARTS) is 1. The van der Waals surface area contributed by atoms with Crippen molar-refractivity contribution >= 4 is 17.5 Å². The molecule has 4 nitrogen and oxygen atoms in total. The van der Waals surface area contributed by atoms with Gasteiger partial charge in [-0.15, -0.1) is 0 Å². The molecule has 4 heteroatoms. The molecule has 0 radical (unpaired) electrons. The summed E-state index contributed by atoms with van der Waals surface area (Å²) < 4.78 is 4.93. The quantitative estimate of drug-likeness (QED) is 0.283. The Kier molecular flexibility index (Phi) is 7.18. The van der Waals surface area contributed by atoms with E-state index in [1.165, 1.54) is 36.7 Å². The number of hydrogen-bond donors (Lipinski definition) is 1. The van der Waals surface area contributed by atoms with Crippen molar-refractivity contribution in [1.82, 2.24) is 0 Å². The summed E-state index contributed by atoms with van der Waals surface area (Å²) in [6, 6.07) is 7.98. The molecule has 6 rings (SSSR count). The van der Waals surface area contributed by atoms with Crippen molar-refractivity contribution in [1.29, 1.82) is 0 Å². The van der Waals surface area contributed by atoms with Gasteiger partial charge in [0.05, 0.1) is 18.1 Å². The van der Waals surface area contributed by atoms with Crippen molar-refractivity contribution in [3.05, 3.63) is 53.1 Å². The number of carbonyl (C=O) groups is 2. The lowest BCUT2D eigenvalue weighted by Crippen LogP contribution is -2.63. The van der Waals surface area contributed by atoms with Gasteiger partial charge in [0.25, 0.3) is 0 Å². The molecule has 0 saturated heterocycles. The molecule has 0 amide bonds. The predicted octanol–water partition coefficient (Wildman–Crippen LogP) is 9.60. The average Bonchev–Trinajstić information content (AvgIpc) is 3.09. The zero-order chi connectivity index (χ0) is 31.2. The molecule has 0 aliphatic heterocycles. The molecular weight excluding hydrogens is 532 g/mol. The molecule has 3 fully saturated rings. The van der Waals surface area contributed by atoms with Crippen molar-refractivity contribution in [2.24, 2.45) is 56.7 Å². The zero-order valence-corrected chi connectivity index (χ0v) is 27.9. The summed E-state index contributed by atoms with van der Waals surface area (Å²) in [5.41, 5.74) is 4.49. The molecule has 5 aliphatic carbocycles. The highest BCUT2D eigenvalue weighted by molar-refractivity contribution is 5.90. The van der Waals surface area contributed by atoms with Gasteiger partial charge in [-0.2, -0.15) is 0 Å². The van der Waals surface area contributed by atoms with Crippen molar-refractivity contribution in [2.45, 2.75) is 106 Å². The van der Waals surface area contributed by atoms with E-state index < -0.39 is 11.4 Å². The standard InChI is InChI=1S/C39H54O4/c1-24-15-20-39(34(41)42)22-21-37(6)29(30(39)23-25(24)2)13-14-32-36(5)18-16-28(26-9-11-27(12-10-26)33(40)43-8)35(3,4)31(36)17-19-38(32,37)7/h9-13,16,24-25,30-32H,14-15,17-23H2,1-8H3,(H,41,42)/t24-,25-,30-,31+,32-,36+,37-,38?,39+/m1/s1. The normalized spacial score (nSPS) is 43.4. The maximum absolute atomic E-state index is 13.1. The fourth-order valence-corrected chi connectivity index (χ4v) is 11.8. The number of esters is 1. The number of allylic oxidation sites excluding steroid dienone is 4. The van der Waals surface area contributed by atoms with Gasteiger partial charge in [0.2, 0.25) is 0 Å². The Morgan fingerprint density at radius 3 is 2.21 bits per heavy atom. The van der Waals surface area contributed by atoms with Gasteiger partial charge in [0.15, 0.2) is 0 Å². The summed E-state index contributed by atoms with van der Waals surface area (Å²) in [5.74, 6) is 1.57. The highest BCUT2D eigenvalue weighted by Gasteiger charge is 2.68. The smallest absolute Gasteiger partial charge is 0.337 e. The monoisotopic (exact) mass is 586 g/mol. The molecule has 1 N–H and O–H groups in total. The first-order chi connectivity index (χ1) is 20.2. The summed E-state index contributed by atoms with van der Waals surface area (Å²) in [7, 11) is 1.43. The highest BCUT2D eigenvalue weighted by atomic mass is 16.5. The molecule has 3 saturated carbocycles. The van der Waals surface area contributed by atoms with E-state index >= 15 is 0 Å². The minimum Gasteiger partial charge on any atom is -0.481 e. The number of methoxy groups -OCH3 is 1. The lowest BCUT2D eigenvalue weighted by molar-refractivity contribution is -0.171. The Morgan fingerprint density at radius 2 is 1.56 bits per heavy atom. The van der Waals surface area contributed by atoms with E-state index in [1.54, 1.807) is 0 Å². The number of aliphatic carboxylic acids is 1. The van der Waals surface area contributed by atoms with Crippen LogP contribution >= 0.6 is 0 Å². The van der Waals surface area contributed by atoms with Crippen molar-refractivity contribution < 1.29 is 19.4 Å². The first kappa shape index (κ1) is 30.7. The van der Waals surface area contributed by atoms with Crippen LogP contribution in [-0.4, -0.2) is 24.2 Å². The third kappa shape index (κ3) is 4.13. The van der Waals surface area contributed by atoms with Crippen LogP contribution in [0.2, 0.25) is 0 Å². The van der Waals surface area contributed by atoms with E-state index in [-0.39, 0.29) is 33.5 Å². The first-order valence-electron chi connectivity index (χ1n) is 17.0. The molecule has 234 valence electrons. The Balaban J connectivity index is 1.38. The highest BCUT2D eigenvalue weighted by Crippen LogP contribution is 2.75. The molecular formula is C39H54O4. The first-order valence-corrected chi connectivity index (χ1v) is 17.0. The van der Waals surface area contributed by atoms with Gasteiger partial charge in [-0.25, -0.2) is 4.79 Å². The Hall–Kier alpha value is -2.36. The average molecular weight is 587 g/mol. The fourth-order valence-electron chi connectivity index (χ4n) is 11.8. The second-order valence-corrected chi connectivity index (χ2v) is 16.6. The van der Waals surface area contributed by atoms with Gasteiger partial charge in [-0.3, -0.25) is 4.79 Å². The van der Waals surface area contributed by atoms with E-state index in [4.69, 9.17) is 4.74 Å². The van der Waals surface area contributed by atoms with Crippen LogP contribution in [0.4, 0.5) is 0 Å². The third-order valence-electron chi connectivity index (χ3n) is 14.9. The summed E-state index contributed by atoms with van der Waals surface area (Å²) in [5, 5.41) is 10.8. The SMILES string of the molecule is COC(=O)c1ccc(C2=CC[C@@]3(C)[C@@H](CCC4(C)[C@@H]3CC=C3[C@H]5C[C@@H](C)[C@H](C)CC[C@]5(C(=O)O)CC[C@]34C)C2(C)C)cc1. The number of ether oxygens (including phenoxy) is 1. The maximum atomic E-state index is 13.1. The molecule has 1 aromatic rings. The van der Waals surface area contributed by atoms with Crippen LogP contribution in [-0.2, 0) is 9.53 Å². The Bertz CT molecular complexity index is 1370. The molecule has 1 unspecified atom stereocenters. The van der Waals surface area contributed by atoms with Gasteiger partial charge in [-0.1, -0.05) is 78.3 Å². The van der Waals surface area contributed by atoms with Crippen LogP contribution in [0.1, 0.15) is 122 Å². The van der Waals surface area contributed by atoms with E-state index in [1.807, 2.05) is 12.1 Å². The van der Waals surface area contributed by atoms with E-state index in [0.29, 0.717) is 29.2 Å². The van der Waals surface area contributed by atoms with Crippen molar-refractivity contribution in [2.75, 3.05) is 7.11 Å². The molecule has 0 spiro atoms. The Morgan fingerprint density at radius 1 is 0.860 bits per heavy atom. The number of carbonyl (C=O) groups excluding carboxylic acids is 1. The fraction of sp³-hybridized carbons (Fsp3) is 0.692. The molecule has 0 bridgehead atoms. The lowest BCUT2D eigenvalue weighted by Gasteiger charge is -2.70. The number of carboxylic acids is 1. The van der Waals surface area contributed by atoms with Crippen LogP contribution in [0.5, 0.6) is 0 Å². The number of hydrogen-bond acceptors (Lipinski definition) is 3. The van der Waals surface area contributed by atoms with Gasteiger partial charge >= 0.3 is 11.9 Å². The van der Waals surface area contributed by atoms with E-state index in [2.05, 4.69) is 72.8 Å². The number of rotatable bonds is 3. The molecule has 0 heterocycles. The Labute approximate surface area is 259 Å². The number of fused-ring (bicyclic) bond motifs is 7. The maximum Gasteiger partial charge on any atom is 0.337 e. The molecule has 9 atom stereocenters. The molecule has 0 aromatic heterocycles. The summed E-state index contributed by atoms with van der Waals surface area (Å²) in [4.78, 5) is 25.1. The van der Waals surface area contributed by atoms with E-state index in [9.17, 15) is 14.7 Å². The second-order valence-electron chi connectivity index (χ2n) is 16.6. The van der Waals surface area contributed by atoms with Crippen molar-refractivity contribution in [3.8, 4) is 0 Å². The third-order valence-corrected chi connectivity index (χ3v) is 14.9. The lowest BCUT2D eigenvalue weighted by atomic mass is 9.34. The number of benzene rings is 1. The molecule has 1 aromatic carbocycles. The van der Waals surface area contributed by atoms with Crippen LogP contribution in [0, 0.1) is 56.7 Å². The summed E-state index contributed by atoms with van der Waals surface area (Å²) in [6.45, 7) is 17.3. The van der Waals surface area contributed by atoms with Crippen LogP contribution in [0.25, 0.3) is 5.57 Å². The summed E-state index contributed by atoms with van der Waals surface area (Å²) in [6.07, 6.45) is 14.3. The largest absolute Gasteiger partial charge is 0.481 e. The summed E-state index contributed by atoms with van der Waals surface area (Å²) >= 11 is 0. The van der Waals surface area contributed by atoms with Crippen molar-refractivity contribution in [3.63, 3.8) is 0 Å². The van der Waals surface area contributed by atoms with Gasteiger partial charge in [0, 0.05) is 0 Å². The molecule has 43 heavy (non-hydrogen) atoms. The van der Waals surface area contributed by atoms with Gasteiger partial charge in [-0.05, 0) is 132 Å². The van der Waals surface area contributed by atoms with Gasteiger partial charge < -0.3 is 9.84 Å². The van der Waals surface area contributed by atoms with Crippen LogP contribution < -0.4 is 0 Å². The van der Waals surface area contributed by atoms with E-state index in [0.717, 1.165) is 44.9 Å². The van der Waals surface area contributed by atoms with Crippen LogP contribution in [0.3, 0.4) is 0 Å². The van der Waals surface area contributed by atoms with Gasteiger partial charge in [0.1, 0.15) is 0 Å². The molecule has 5 aliphatic rings. The topological polar surface area (TPSA) is 63.6 Å². The minimum absolute atomic E-state index is 0.00386. The predicted molar refractivity (Wildman–Crippen MR) is 172 cm³/mol.